The van der Waals surface area contributed by atoms with E-state index < -0.39 is 0 Å². The van der Waals surface area contributed by atoms with Crippen LogP contribution in [-0.4, -0.2) is 51.8 Å². The molecule has 0 atom stereocenters. The summed E-state index contributed by atoms with van der Waals surface area (Å²) in [5.41, 5.74) is 1.95. The molecule has 1 aliphatic carbocycles. The Kier molecular flexibility index (Phi) is 7.92. The number of halogens is 1. The van der Waals surface area contributed by atoms with Crippen molar-refractivity contribution in [1.29, 1.82) is 0 Å². The lowest BCUT2D eigenvalue weighted by Gasteiger charge is -2.33. The maximum absolute atomic E-state index is 13.2. The molecular weight excluding hydrogens is 405 g/mol. The van der Waals surface area contributed by atoms with Crippen LogP contribution in [-0.2, 0) is 0 Å². The van der Waals surface area contributed by atoms with Crippen LogP contribution in [0.5, 0.6) is 0 Å². The molecule has 2 aliphatic rings. The molecule has 2 aromatic rings. The summed E-state index contributed by atoms with van der Waals surface area (Å²) in [5.74, 6) is 1.60. The van der Waals surface area contributed by atoms with E-state index in [1.54, 1.807) is 12.1 Å². The van der Waals surface area contributed by atoms with Crippen molar-refractivity contribution in [1.82, 2.24) is 14.9 Å². The van der Waals surface area contributed by atoms with E-state index in [-0.39, 0.29) is 11.9 Å². The Bertz CT molecular complexity index is 846. The van der Waals surface area contributed by atoms with Gasteiger partial charge in [-0.2, -0.15) is 4.98 Å². The highest BCUT2D eigenvalue weighted by Crippen LogP contribution is 2.34. The number of piperidine rings is 1. The molecule has 0 radical (unpaired) electrons. The minimum atomic E-state index is -0.265. The summed E-state index contributed by atoms with van der Waals surface area (Å²) in [6.45, 7) is 5.67. The van der Waals surface area contributed by atoms with Crippen molar-refractivity contribution in [2.45, 2.75) is 76.4 Å². The number of anilines is 3. The van der Waals surface area contributed by atoms with Crippen molar-refractivity contribution >= 4 is 17.5 Å². The summed E-state index contributed by atoms with van der Waals surface area (Å²) in [7, 11) is 0. The van der Waals surface area contributed by atoms with Crippen molar-refractivity contribution < 1.29 is 9.50 Å². The van der Waals surface area contributed by atoms with E-state index in [9.17, 15) is 9.50 Å². The summed E-state index contributed by atoms with van der Waals surface area (Å²) in [6.07, 6.45) is 10.1. The van der Waals surface area contributed by atoms with Crippen LogP contribution in [0.3, 0.4) is 0 Å². The van der Waals surface area contributed by atoms with Gasteiger partial charge in [0.15, 0.2) is 0 Å². The Morgan fingerprint density at radius 1 is 1.06 bits per heavy atom. The molecule has 0 spiro atoms. The number of benzene rings is 1. The molecule has 174 valence electrons. The zero-order valence-electron chi connectivity index (χ0n) is 19.1. The van der Waals surface area contributed by atoms with Gasteiger partial charge in [0.1, 0.15) is 11.6 Å². The highest BCUT2D eigenvalue weighted by Gasteiger charge is 2.26. The number of aliphatic hydroxyl groups is 1. The van der Waals surface area contributed by atoms with Crippen molar-refractivity contribution in [2.75, 3.05) is 30.3 Å². The smallest absolute Gasteiger partial charge is 0.229 e. The van der Waals surface area contributed by atoms with Crippen LogP contribution in [0.15, 0.2) is 30.5 Å². The van der Waals surface area contributed by atoms with Gasteiger partial charge in [-0.25, -0.2) is 9.37 Å². The third-order valence-corrected chi connectivity index (χ3v) is 6.81. The molecule has 6 nitrogen and oxygen atoms in total. The topological polar surface area (TPSA) is 73.3 Å². The summed E-state index contributed by atoms with van der Waals surface area (Å²) in [4.78, 5) is 12.0. The monoisotopic (exact) mass is 441 g/mol. The summed E-state index contributed by atoms with van der Waals surface area (Å²) >= 11 is 0. The average Bonchev–Trinajstić information content (AvgIpc) is 2.81. The molecule has 7 heteroatoms. The predicted octanol–water partition coefficient (Wildman–Crippen LogP) is 5.05. The number of hydrogen-bond acceptors (Lipinski definition) is 6. The standard InChI is InChI=1S/C25H36FN5O/c1-2-3-14-31-15-12-18(13-16-31)23-17-27-25(29-21-6-4-19(26)5-7-21)30-24(23)28-20-8-10-22(32)11-9-20/h4-7,17-18,20,22,32H,2-3,8-16H2,1H3,(H2,27,28,29,30). The van der Waals surface area contributed by atoms with Gasteiger partial charge in [-0.3, -0.25) is 0 Å². The van der Waals surface area contributed by atoms with Crippen LogP contribution in [0.1, 0.15) is 69.8 Å². The van der Waals surface area contributed by atoms with Gasteiger partial charge < -0.3 is 20.6 Å². The molecule has 3 N–H and O–H groups in total. The first-order valence-corrected chi connectivity index (χ1v) is 12.2. The summed E-state index contributed by atoms with van der Waals surface area (Å²) < 4.78 is 13.2. The van der Waals surface area contributed by atoms with E-state index in [4.69, 9.17) is 4.98 Å². The van der Waals surface area contributed by atoms with E-state index >= 15 is 0 Å². The molecule has 1 aliphatic heterocycles. The van der Waals surface area contributed by atoms with Gasteiger partial charge in [-0.15, -0.1) is 0 Å². The van der Waals surface area contributed by atoms with Gasteiger partial charge in [-0.1, -0.05) is 13.3 Å². The third kappa shape index (κ3) is 6.17. The number of aromatic nitrogens is 2. The lowest BCUT2D eigenvalue weighted by Crippen LogP contribution is -2.34. The van der Waals surface area contributed by atoms with Crippen molar-refractivity contribution in [3.63, 3.8) is 0 Å². The Morgan fingerprint density at radius 3 is 2.47 bits per heavy atom. The Hall–Kier alpha value is -2.25. The van der Waals surface area contributed by atoms with Crippen LogP contribution >= 0.6 is 0 Å². The highest BCUT2D eigenvalue weighted by molar-refractivity contribution is 5.57. The SMILES string of the molecule is CCCCN1CCC(c2cnc(Nc3ccc(F)cc3)nc2NC2CCC(O)CC2)CC1. The second-order valence-electron chi connectivity index (χ2n) is 9.25. The lowest BCUT2D eigenvalue weighted by molar-refractivity contribution is 0.126. The van der Waals surface area contributed by atoms with Gasteiger partial charge in [0, 0.05) is 23.5 Å². The molecule has 1 saturated heterocycles. The molecule has 0 unspecified atom stereocenters. The molecule has 1 aromatic carbocycles. The number of nitrogens with one attached hydrogen (secondary N) is 2. The number of hydrogen-bond donors (Lipinski definition) is 3. The fourth-order valence-electron chi connectivity index (χ4n) is 4.79. The molecular formula is C25H36FN5O. The minimum absolute atomic E-state index is 0.180. The first kappa shape index (κ1) is 22.9. The van der Waals surface area contributed by atoms with Gasteiger partial charge in [0.2, 0.25) is 5.95 Å². The van der Waals surface area contributed by atoms with Gasteiger partial charge >= 0.3 is 0 Å². The second kappa shape index (κ2) is 11.1. The van der Waals surface area contributed by atoms with Crippen molar-refractivity contribution in [2.24, 2.45) is 0 Å². The number of aliphatic hydroxyl groups excluding tert-OH is 1. The van der Waals surface area contributed by atoms with Crippen LogP contribution < -0.4 is 10.6 Å². The molecule has 4 rings (SSSR count). The van der Waals surface area contributed by atoms with E-state index in [2.05, 4.69) is 27.4 Å². The Morgan fingerprint density at radius 2 is 1.78 bits per heavy atom. The van der Waals surface area contributed by atoms with Gasteiger partial charge in [0.25, 0.3) is 0 Å². The summed E-state index contributed by atoms with van der Waals surface area (Å²) in [5, 5.41) is 16.7. The number of likely N-dealkylation sites (tertiary alicyclic amines) is 1. The second-order valence-corrected chi connectivity index (χ2v) is 9.25. The maximum Gasteiger partial charge on any atom is 0.229 e. The molecule has 32 heavy (non-hydrogen) atoms. The average molecular weight is 442 g/mol. The zero-order chi connectivity index (χ0) is 22.3. The molecule has 1 saturated carbocycles. The molecule has 1 aromatic heterocycles. The van der Waals surface area contributed by atoms with Crippen LogP contribution in [0.25, 0.3) is 0 Å². The third-order valence-electron chi connectivity index (χ3n) is 6.81. The molecule has 2 heterocycles. The van der Waals surface area contributed by atoms with Gasteiger partial charge in [0.05, 0.1) is 6.10 Å². The lowest BCUT2D eigenvalue weighted by atomic mass is 9.89. The first-order valence-electron chi connectivity index (χ1n) is 12.2. The van der Waals surface area contributed by atoms with E-state index in [1.165, 1.54) is 37.1 Å². The summed E-state index contributed by atoms with van der Waals surface area (Å²) in [6, 6.07) is 6.54. The fourth-order valence-corrected chi connectivity index (χ4v) is 4.79. The maximum atomic E-state index is 13.2. The number of unbranched alkanes of at least 4 members (excludes halogenated alkanes) is 1. The fraction of sp³-hybridized carbons (Fsp3) is 0.600. The Balaban J connectivity index is 1.49. The van der Waals surface area contributed by atoms with Crippen LogP contribution in [0.4, 0.5) is 21.8 Å². The van der Waals surface area contributed by atoms with E-state index in [0.29, 0.717) is 17.9 Å². The minimum Gasteiger partial charge on any atom is -0.393 e. The van der Waals surface area contributed by atoms with Crippen molar-refractivity contribution in [3.05, 3.63) is 41.8 Å². The van der Waals surface area contributed by atoms with Gasteiger partial charge in [-0.05, 0) is 94.8 Å². The van der Waals surface area contributed by atoms with E-state index in [0.717, 1.165) is 63.1 Å². The zero-order valence-corrected chi connectivity index (χ0v) is 19.1. The number of rotatable bonds is 8. The normalized spacial score (nSPS) is 22.6. The largest absolute Gasteiger partial charge is 0.393 e. The van der Waals surface area contributed by atoms with Crippen LogP contribution in [0.2, 0.25) is 0 Å². The molecule has 2 fully saturated rings. The predicted molar refractivity (Wildman–Crippen MR) is 127 cm³/mol. The first-order chi connectivity index (χ1) is 15.6. The van der Waals surface area contributed by atoms with E-state index in [1.807, 2.05) is 6.20 Å². The Labute approximate surface area is 190 Å². The highest BCUT2D eigenvalue weighted by atomic mass is 19.1. The number of nitrogens with zero attached hydrogens (tertiary/aromatic N) is 3. The van der Waals surface area contributed by atoms with Crippen molar-refractivity contribution in [3.8, 4) is 0 Å². The quantitative estimate of drug-likeness (QED) is 0.532. The molecule has 0 bridgehead atoms. The molecule has 0 amide bonds. The van der Waals surface area contributed by atoms with Crippen LogP contribution in [0, 0.1) is 5.82 Å².